The number of carbonyl (C=O) groups excluding carboxylic acids is 3. The van der Waals surface area contributed by atoms with Crippen LogP contribution in [-0.4, -0.2) is 69.2 Å². The van der Waals surface area contributed by atoms with Gasteiger partial charge in [0.25, 0.3) is 0 Å². The number of imide groups is 1. The number of nitrogens with zero attached hydrogens (tertiary/aromatic N) is 2. The number of carbonyl (C=O) groups is 4. The van der Waals surface area contributed by atoms with Gasteiger partial charge < -0.3 is 10.0 Å². The Kier molecular flexibility index (Phi) is 5.22. The van der Waals surface area contributed by atoms with E-state index in [0.29, 0.717) is 12.3 Å². The molecule has 0 aromatic heterocycles. The first kappa shape index (κ1) is 15.8. The third-order valence-corrected chi connectivity index (χ3v) is 4.75. The summed E-state index contributed by atoms with van der Waals surface area (Å²) in [6.45, 7) is 0.614. The molecule has 2 rings (SSSR count). The standard InChI is InChI=1S/C13H18N2O5S/c16-10-1-2-11(17)15(10)4-3-12(18)14-5-6-21-8-9(14)7-13(19)20/h9H,1-8H2,(H,19,20). The molecule has 0 spiro atoms. The molecule has 8 heteroatoms. The Morgan fingerprint density at radius 2 is 1.90 bits per heavy atom. The fourth-order valence-electron chi connectivity index (χ4n) is 2.58. The molecule has 1 atom stereocenters. The van der Waals surface area contributed by atoms with E-state index in [-0.39, 0.29) is 56.0 Å². The Hall–Kier alpha value is -1.57. The summed E-state index contributed by atoms with van der Waals surface area (Å²) < 4.78 is 0. The molecule has 2 fully saturated rings. The average Bonchev–Trinajstić information content (AvgIpc) is 2.75. The van der Waals surface area contributed by atoms with Crippen LogP contribution in [0.4, 0.5) is 0 Å². The predicted molar refractivity (Wildman–Crippen MR) is 75.6 cm³/mol. The van der Waals surface area contributed by atoms with E-state index < -0.39 is 5.97 Å². The zero-order valence-corrected chi connectivity index (χ0v) is 12.4. The Balaban J connectivity index is 1.90. The van der Waals surface area contributed by atoms with Crippen molar-refractivity contribution in [2.75, 3.05) is 24.6 Å². The van der Waals surface area contributed by atoms with E-state index in [1.807, 2.05) is 0 Å². The lowest BCUT2D eigenvalue weighted by molar-refractivity contribution is -0.140. The van der Waals surface area contributed by atoms with Crippen molar-refractivity contribution in [2.24, 2.45) is 0 Å². The highest BCUT2D eigenvalue weighted by molar-refractivity contribution is 7.99. The molecule has 1 unspecified atom stereocenters. The lowest BCUT2D eigenvalue weighted by atomic mass is 10.1. The van der Waals surface area contributed by atoms with Crippen molar-refractivity contribution in [3.05, 3.63) is 0 Å². The SMILES string of the molecule is O=C(O)CC1CSCCN1C(=O)CCN1C(=O)CCC1=O. The summed E-state index contributed by atoms with van der Waals surface area (Å²) in [5.74, 6) is -0.185. The van der Waals surface area contributed by atoms with E-state index in [2.05, 4.69) is 0 Å². The first-order valence-corrected chi connectivity index (χ1v) is 8.06. The number of amides is 3. The summed E-state index contributed by atoms with van der Waals surface area (Å²) in [7, 11) is 0. The molecule has 21 heavy (non-hydrogen) atoms. The summed E-state index contributed by atoms with van der Waals surface area (Å²) in [5, 5.41) is 8.89. The number of likely N-dealkylation sites (tertiary alicyclic amines) is 1. The van der Waals surface area contributed by atoms with E-state index in [0.717, 1.165) is 10.7 Å². The minimum absolute atomic E-state index is 0.0677. The third-order valence-electron chi connectivity index (χ3n) is 3.66. The average molecular weight is 314 g/mol. The maximum absolute atomic E-state index is 12.2. The van der Waals surface area contributed by atoms with Crippen LogP contribution in [0.2, 0.25) is 0 Å². The zero-order chi connectivity index (χ0) is 15.4. The van der Waals surface area contributed by atoms with Crippen molar-refractivity contribution < 1.29 is 24.3 Å². The molecule has 0 bridgehead atoms. The molecule has 0 aromatic rings. The molecule has 2 aliphatic heterocycles. The number of hydrogen-bond acceptors (Lipinski definition) is 5. The van der Waals surface area contributed by atoms with Gasteiger partial charge in [-0.3, -0.25) is 24.1 Å². The van der Waals surface area contributed by atoms with E-state index in [4.69, 9.17) is 5.11 Å². The van der Waals surface area contributed by atoms with Crippen LogP contribution in [0.25, 0.3) is 0 Å². The monoisotopic (exact) mass is 314 g/mol. The predicted octanol–water partition coefficient (Wildman–Crippen LogP) is -0.0558. The lowest BCUT2D eigenvalue weighted by Crippen LogP contribution is -2.48. The molecule has 0 saturated carbocycles. The molecule has 2 aliphatic rings. The number of thioether (sulfide) groups is 1. The second kappa shape index (κ2) is 6.93. The molecule has 3 amide bonds. The third kappa shape index (κ3) is 3.96. The smallest absolute Gasteiger partial charge is 0.305 e. The van der Waals surface area contributed by atoms with Crippen molar-refractivity contribution >= 4 is 35.5 Å². The van der Waals surface area contributed by atoms with Gasteiger partial charge in [-0.1, -0.05) is 0 Å². The van der Waals surface area contributed by atoms with Crippen LogP contribution in [0.3, 0.4) is 0 Å². The highest BCUT2D eigenvalue weighted by atomic mass is 32.2. The first-order valence-electron chi connectivity index (χ1n) is 6.91. The van der Waals surface area contributed by atoms with Gasteiger partial charge in [-0.2, -0.15) is 11.8 Å². The zero-order valence-electron chi connectivity index (χ0n) is 11.6. The summed E-state index contributed by atoms with van der Waals surface area (Å²) in [5.41, 5.74) is 0. The second-order valence-corrected chi connectivity index (χ2v) is 6.25. The van der Waals surface area contributed by atoms with Gasteiger partial charge in [0.05, 0.1) is 12.5 Å². The Bertz CT molecular complexity index is 451. The molecule has 0 aromatic carbocycles. The second-order valence-electron chi connectivity index (χ2n) is 5.10. The fourth-order valence-corrected chi connectivity index (χ4v) is 3.64. The summed E-state index contributed by atoms with van der Waals surface area (Å²) >= 11 is 1.63. The van der Waals surface area contributed by atoms with Crippen LogP contribution < -0.4 is 0 Å². The van der Waals surface area contributed by atoms with Crippen molar-refractivity contribution in [2.45, 2.75) is 31.7 Å². The lowest BCUT2D eigenvalue weighted by Gasteiger charge is -2.35. The van der Waals surface area contributed by atoms with Crippen molar-refractivity contribution in [1.29, 1.82) is 0 Å². The normalized spacial score (nSPS) is 22.8. The van der Waals surface area contributed by atoms with E-state index >= 15 is 0 Å². The molecular weight excluding hydrogens is 296 g/mol. The maximum atomic E-state index is 12.2. The highest BCUT2D eigenvalue weighted by Gasteiger charge is 2.32. The molecule has 0 aliphatic carbocycles. The maximum Gasteiger partial charge on any atom is 0.305 e. The molecule has 7 nitrogen and oxygen atoms in total. The molecule has 116 valence electrons. The Morgan fingerprint density at radius 3 is 2.52 bits per heavy atom. The minimum atomic E-state index is -0.926. The number of carboxylic acid groups (broad SMARTS) is 1. The molecule has 0 radical (unpaired) electrons. The highest BCUT2D eigenvalue weighted by Crippen LogP contribution is 2.20. The van der Waals surface area contributed by atoms with Gasteiger partial charge in [0.1, 0.15) is 0 Å². The van der Waals surface area contributed by atoms with Crippen LogP contribution in [0.1, 0.15) is 25.7 Å². The van der Waals surface area contributed by atoms with Gasteiger partial charge in [0.15, 0.2) is 0 Å². The largest absolute Gasteiger partial charge is 0.481 e. The molecule has 1 N–H and O–H groups in total. The summed E-state index contributed by atoms with van der Waals surface area (Å²) in [6, 6.07) is -0.307. The van der Waals surface area contributed by atoms with Crippen LogP contribution in [-0.2, 0) is 19.2 Å². The fraction of sp³-hybridized carbons (Fsp3) is 0.692. The van der Waals surface area contributed by atoms with Gasteiger partial charge >= 0.3 is 5.97 Å². The van der Waals surface area contributed by atoms with Crippen LogP contribution in [0.5, 0.6) is 0 Å². The van der Waals surface area contributed by atoms with Gasteiger partial charge in [-0.05, 0) is 0 Å². The van der Waals surface area contributed by atoms with Crippen molar-refractivity contribution in [3.8, 4) is 0 Å². The number of rotatable bonds is 5. The molecule has 2 saturated heterocycles. The van der Waals surface area contributed by atoms with Gasteiger partial charge in [-0.25, -0.2) is 0 Å². The Labute approximate surface area is 126 Å². The summed E-state index contributed by atoms with van der Waals surface area (Å²) in [4.78, 5) is 48.8. The minimum Gasteiger partial charge on any atom is -0.481 e. The van der Waals surface area contributed by atoms with Crippen LogP contribution >= 0.6 is 11.8 Å². The van der Waals surface area contributed by atoms with E-state index in [1.54, 1.807) is 16.7 Å². The first-order chi connectivity index (χ1) is 9.99. The van der Waals surface area contributed by atoms with Gasteiger partial charge in [0, 0.05) is 43.9 Å². The van der Waals surface area contributed by atoms with Crippen LogP contribution in [0.15, 0.2) is 0 Å². The molecular formula is C13H18N2O5S. The Morgan fingerprint density at radius 1 is 1.24 bits per heavy atom. The van der Waals surface area contributed by atoms with E-state index in [9.17, 15) is 19.2 Å². The number of aliphatic carboxylic acids is 1. The molecule has 2 heterocycles. The number of carboxylic acids is 1. The van der Waals surface area contributed by atoms with Crippen molar-refractivity contribution in [3.63, 3.8) is 0 Å². The van der Waals surface area contributed by atoms with Gasteiger partial charge in [0.2, 0.25) is 17.7 Å². The van der Waals surface area contributed by atoms with Crippen molar-refractivity contribution in [1.82, 2.24) is 9.80 Å². The van der Waals surface area contributed by atoms with Crippen LogP contribution in [0, 0.1) is 0 Å². The summed E-state index contributed by atoms with van der Waals surface area (Å²) in [6.07, 6.45) is 0.433. The quantitative estimate of drug-likeness (QED) is 0.715. The number of hydrogen-bond donors (Lipinski definition) is 1. The van der Waals surface area contributed by atoms with E-state index in [1.165, 1.54) is 0 Å². The topological polar surface area (TPSA) is 95.0 Å². The van der Waals surface area contributed by atoms with Gasteiger partial charge in [-0.15, -0.1) is 0 Å².